The Morgan fingerprint density at radius 3 is 2.29 bits per heavy atom. The summed E-state index contributed by atoms with van der Waals surface area (Å²) in [4.78, 5) is 23.2. The largest absolute Gasteiger partial charge is 0.497 e. The van der Waals surface area contributed by atoms with Gasteiger partial charge in [0.2, 0.25) is 15.9 Å². The second kappa shape index (κ2) is 10.1. The van der Waals surface area contributed by atoms with Gasteiger partial charge in [-0.05, 0) is 30.2 Å². The van der Waals surface area contributed by atoms with E-state index in [1.54, 1.807) is 19.2 Å². The van der Waals surface area contributed by atoms with Crippen molar-refractivity contribution in [2.24, 2.45) is 0 Å². The predicted octanol–water partition coefficient (Wildman–Crippen LogP) is 2.65. The van der Waals surface area contributed by atoms with Crippen LogP contribution in [-0.2, 0) is 14.8 Å². The molecule has 1 atom stereocenters. The molecule has 2 aromatic rings. The Balaban J connectivity index is 2.31. The number of rotatable bonds is 10. The summed E-state index contributed by atoms with van der Waals surface area (Å²) in [5.74, 6) is 0.193. The number of ether oxygens (including phenoxy) is 2. The molecule has 1 amide bonds. The molecule has 0 heterocycles. The van der Waals surface area contributed by atoms with Crippen LogP contribution < -0.4 is 19.1 Å². The van der Waals surface area contributed by atoms with E-state index in [-0.39, 0.29) is 23.2 Å². The number of non-ortho nitro benzene ring substituents is 1. The third kappa shape index (κ3) is 6.07. The number of hydrogen-bond acceptors (Lipinski definition) is 7. The van der Waals surface area contributed by atoms with Crippen LogP contribution in [0.25, 0.3) is 0 Å². The van der Waals surface area contributed by atoms with Crippen LogP contribution in [0.2, 0.25) is 0 Å². The van der Waals surface area contributed by atoms with E-state index in [1.807, 2.05) is 19.1 Å². The number of sulfonamides is 1. The quantitative estimate of drug-likeness (QED) is 0.434. The highest BCUT2D eigenvalue weighted by molar-refractivity contribution is 7.92. The van der Waals surface area contributed by atoms with Gasteiger partial charge < -0.3 is 14.8 Å². The number of nitrogens with one attached hydrogen (secondary N) is 1. The van der Waals surface area contributed by atoms with Gasteiger partial charge >= 0.3 is 0 Å². The lowest BCUT2D eigenvalue weighted by molar-refractivity contribution is -0.384. The van der Waals surface area contributed by atoms with Crippen molar-refractivity contribution in [3.63, 3.8) is 0 Å². The summed E-state index contributed by atoms with van der Waals surface area (Å²) in [7, 11) is -1.09. The molecule has 0 saturated heterocycles. The molecule has 31 heavy (non-hydrogen) atoms. The van der Waals surface area contributed by atoms with Gasteiger partial charge in [0.15, 0.2) is 0 Å². The number of nitro benzene ring substituents is 1. The molecule has 0 aliphatic heterocycles. The van der Waals surface area contributed by atoms with Gasteiger partial charge in [-0.15, -0.1) is 0 Å². The molecular weight excluding hydrogens is 426 g/mol. The zero-order chi connectivity index (χ0) is 23.2. The molecule has 0 fully saturated rings. The number of anilines is 1. The average molecular weight is 452 g/mol. The molecule has 0 bridgehead atoms. The summed E-state index contributed by atoms with van der Waals surface area (Å²) in [6, 6.07) is 10.3. The zero-order valence-corrected chi connectivity index (χ0v) is 18.5. The second-order valence-electron chi connectivity index (χ2n) is 6.68. The minimum Gasteiger partial charge on any atom is -0.497 e. The van der Waals surface area contributed by atoms with Crippen molar-refractivity contribution >= 4 is 27.3 Å². The minimum absolute atomic E-state index is 0.0889. The van der Waals surface area contributed by atoms with Crippen molar-refractivity contribution in [1.82, 2.24) is 5.32 Å². The van der Waals surface area contributed by atoms with Crippen molar-refractivity contribution in [2.45, 2.75) is 19.4 Å². The van der Waals surface area contributed by atoms with Crippen LogP contribution in [0.15, 0.2) is 42.5 Å². The van der Waals surface area contributed by atoms with E-state index in [0.717, 1.165) is 22.2 Å². The highest BCUT2D eigenvalue weighted by Crippen LogP contribution is 2.33. The SMILES string of the molecule is CCC(NC(=O)CN(c1cc([N+](=O)[O-])ccc1OC)S(C)(=O)=O)c1ccc(OC)cc1. The van der Waals surface area contributed by atoms with E-state index in [9.17, 15) is 23.3 Å². The second-order valence-corrected chi connectivity index (χ2v) is 8.59. The highest BCUT2D eigenvalue weighted by Gasteiger charge is 2.27. The van der Waals surface area contributed by atoms with Crippen LogP contribution in [0.5, 0.6) is 11.5 Å². The normalized spacial score (nSPS) is 12.0. The maximum atomic E-state index is 12.7. The molecule has 10 nitrogen and oxygen atoms in total. The van der Waals surface area contributed by atoms with E-state index in [1.165, 1.54) is 19.2 Å². The van der Waals surface area contributed by atoms with Crippen LogP contribution in [0.4, 0.5) is 11.4 Å². The first kappa shape index (κ1) is 23.9. The lowest BCUT2D eigenvalue weighted by Gasteiger charge is -2.25. The number of carbonyl (C=O) groups excluding carboxylic acids is 1. The molecule has 0 spiro atoms. The number of carbonyl (C=O) groups is 1. The molecule has 11 heteroatoms. The molecule has 0 radical (unpaired) electrons. The number of methoxy groups -OCH3 is 2. The van der Waals surface area contributed by atoms with Gasteiger partial charge in [-0.25, -0.2) is 8.42 Å². The lowest BCUT2D eigenvalue weighted by atomic mass is 10.0. The standard InChI is InChI=1S/C20H25N3O7S/c1-5-17(14-6-9-16(29-2)10-7-14)21-20(24)13-22(31(4,27)28)18-12-15(23(25)26)8-11-19(18)30-3/h6-12,17H,5,13H2,1-4H3,(H,21,24). The molecule has 1 N–H and O–H groups in total. The molecule has 0 aliphatic carbocycles. The molecule has 2 aromatic carbocycles. The minimum atomic E-state index is -3.95. The topological polar surface area (TPSA) is 128 Å². The van der Waals surface area contributed by atoms with Crippen molar-refractivity contribution in [3.8, 4) is 11.5 Å². The third-order valence-electron chi connectivity index (χ3n) is 4.59. The van der Waals surface area contributed by atoms with E-state index in [2.05, 4.69) is 5.32 Å². The van der Waals surface area contributed by atoms with Crippen molar-refractivity contribution < 1.29 is 27.6 Å². The summed E-state index contributed by atoms with van der Waals surface area (Å²) in [6.07, 6.45) is 1.48. The van der Waals surface area contributed by atoms with Crippen molar-refractivity contribution in [2.75, 3.05) is 31.3 Å². The smallest absolute Gasteiger partial charge is 0.271 e. The van der Waals surface area contributed by atoms with E-state index >= 15 is 0 Å². The Labute approximate surface area is 181 Å². The van der Waals surface area contributed by atoms with E-state index in [4.69, 9.17) is 9.47 Å². The fraction of sp³-hybridized carbons (Fsp3) is 0.350. The van der Waals surface area contributed by atoms with Crippen LogP contribution in [0.1, 0.15) is 24.9 Å². The van der Waals surface area contributed by atoms with Crippen LogP contribution in [0, 0.1) is 10.1 Å². The van der Waals surface area contributed by atoms with Gasteiger partial charge in [0, 0.05) is 12.1 Å². The van der Waals surface area contributed by atoms with Crippen LogP contribution in [0.3, 0.4) is 0 Å². The van der Waals surface area contributed by atoms with Crippen molar-refractivity contribution in [3.05, 3.63) is 58.1 Å². The van der Waals surface area contributed by atoms with Crippen molar-refractivity contribution in [1.29, 1.82) is 0 Å². The van der Waals surface area contributed by atoms with Gasteiger partial charge in [-0.1, -0.05) is 19.1 Å². The first-order valence-electron chi connectivity index (χ1n) is 9.34. The summed E-state index contributed by atoms with van der Waals surface area (Å²) in [5, 5.41) is 13.9. The van der Waals surface area contributed by atoms with Gasteiger partial charge in [0.05, 0.1) is 31.4 Å². The molecule has 168 valence electrons. The summed E-state index contributed by atoms with van der Waals surface area (Å²) in [6.45, 7) is 1.32. The maximum Gasteiger partial charge on any atom is 0.271 e. The first-order chi connectivity index (χ1) is 14.6. The number of nitro groups is 1. The first-order valence-corrected chi connectivity index (χ1v) is 11.2. The fourth-order valence-electron chi connectivity index (χ4n) is 3.00. The molecule has 0 saturated carbocycles. The van der Waals surface area contributed by atoms with Crippen LogP contribution >= 0.6 is 0 Å². The Morgan fingerprint density at radius 1 is 1.16 bits per heavy atom. The monoisotopic (exact) mass is 451 g/mol. The van der Waals surface area contributed by atoms with Gasteiger partial charge in [-0.2, -0.15) is 0 Å². The van der Waals surface area contributed by atoms with E-state index < -0.39 is 27.4 Å². The lowest BCUT2D eigenvalue weighted by Crippen LogP contribution is -2.41. The van der Waals surface area contributed by atoms with Crippen LogP contribution in [-0.4, -0.2) is 46.3 Å². The summed E-state index contributed by atoms with van der Waals surface area (Å²) in [5.41, 5.74) is 0.414. The van der Waals surface area contributed by atoms with Gasteiger partial charge in [0.25, 0.3) is 5.69 Å². The molecular formula is C20H25N3O7S. The average Bonchev–Trinajstić information content (AvgIpc) is 2.74. The molecule has 0 aliphatic rings. The predicted molar refractivity (Wildman–Crippen MR) is 116 cm³/mol. The third-order valence-corrected chi connectivity index (χ3v) is 5.72. The number of amides is 1. The maximum absolute atomic E-state index is 12.7. The summed E-state index contributed by atoms with van der Waals surface area (Å²) >= 11 is 0. The number of nitrogens with zero attached hydrogens (tertiary/aromatic N) is 2. The van der Waals surface area contributed by atoms with E-state index in [0.29, 0.717) is 12.2 Å². The zero-order valence-electron chi connectivity index (χ0n) is 17.7. The Bertz CT molecular complexity index is 1040. The molecule has 1 unspecified atom stereocenters. The molecule has 2 rings (SSSR count). The Morgan fingerprint density at radius 2 is 1.81 bits per heavy atom. The highest BCUT2D eigenvalue weighted by atomic mass is 32.2. The fourth-order valence-corrected chi connectivity index (χ4v) is 3.85. The number of hydrogen-bond donors (Lipinski definition) is 1. The molecule has 0 aromatic heterocycles. The van der Waals surface area contributed by atoms with Gasteiger partial charge in [-0.3, -0.25) is 19.2 Å². The summed E-state index contributed by atoms with van der Waals surface area (Å²) < 4.78 is 35.9. The van der Waals surface area contributed by atoms with Gasteiger partial charge in [0.1, 0.15) is 23.7 Å². The number of benzene rings is 2. The Kier molecular flexibility index (Phi) is 7.81. The Hall–Kier alpha value is -3.34.